The number of carbonyl (C=O) groups is 2. The summed E-state index contributed by atoms with van der Waals surface area (Å²) in [5, 5.41) is 0. The summed E-state index contributed by atoms with van der Waals surface area (Å²) in [5.41, 5.74) is 7.05. The van der Waals surface area contributed by atoms with Gasteiger partial charge in [0, 0.05) is 29.3 Å². The molecule has 0 saturated carbocycles. The predicted octanol–water partition coefficient (Wildman–Crippen LogP) is 6.47. The van der Waals surface area contributed by atoms with Crippen LogP contribution in [0.3, 0.4) is 0 Å². The van der Waals surface area contributed by atoms with E-state index >= 15 is 0 Å². The van der Waals surface area contributed by atoms with Crippen LogP contribution >= 0.6 is 0 Å². The minimum Gasteiger partial charge on any atom is -0.309 e. The molecule has 2 heterocycles. The maximum Gasteiger partial charge on any atom is 0.259 e. The molecule has 0 radical (unpaired) electrons. The van der Waals surface area contributed by atoms with Crippen molar-refractivity contribution < 1.29 is 9.59 Å². The lowest BCUT2D eigenvalue weighted by atomic mass is 9.75. The first kappa shape index (κ1) is 30.3. The zero-order valence-corrected chi connectivity index (χ0v) is 25.4. The monoisotopic (exact) mass is 521 g/mol. The van der Waals surface area contributed by atoms with Crippen LogP contribution in [0.5, 0.6) is 0 Å². The molecule has 3 aliphatic rings. The van der Waals surface area contributed by atoms with E-state index in [0.29, 0.717) is 30.1 Å². The Kier molecular flexibility index (Phi) is 10.5. The minimum atomic E-state index is -0.174. The molecule has 1 aliphatic carbocycles. The summed E-state index contributed by atoms with van der Waals surface area (Å²) in [5.74, 6) is 1.52. The number of amides is 1. The highest BCUT2D eigenvalue weighted by atomic mass is 16.2. The van der Waals surface area contributed by atoms with Crippen LogP contribution < -0.4 is 0 Å². The van der Waals surface area contributed by atoms with Crippen LogP contribution in [0.15, 0.2) is 45.8 Å². The predicted molar refractivity (Wildman–Crippen MR) is 158 cm³/mol. The lowest BCUT2D eigenvalue weighted by Gasteiger charge is -2.26. The van der Waals surface area contributed by atoms with Crippen molar-refractivity contribution in [3.8, 4) is 0 Å². The van der Waals surface area contributed by atoms with Crippen molar-refractivity contribution in [3.63, 3.8) is 0 Å². The Morgan fingerprint density at radius 2 is 1.97 bits per heavy atom. The largest absolute Gasteiger partial charge is 0.309 e. The molecular weight excluding hydrogens is 470 g/mol. The third-order valence-corrected chi connectivity index (χ3v) is 8.99. The molecule has 6 atom stereocenters. The fourth-order valence-corrected chi connectivity index (χ4v) is 6.45. The number of hydrogen-bond acceptors (Lipinski definition) is 4. The molecule has 0 aromatic rings. The number of aliphatic imine (C=N–C) groups is 1. The molecule has 5 nitrogen and oxygen atoms in total. The number of fused-ring (bicyclic) bond motifs is 1. The number of likely N-dealkylation sites (tertiary alicyclic amines) is 1. The second-order valence-corrected chi connectivity index (χ2v) is 12.4. The minimum absolute atomic E-state index is 0.0280. The first-order valence-corrected chi connectivity index (χ1v) is 15.0. The molecule has 2 aliphatic heterocycles. The molecule has 0 spiro atoms. The quantitative estimate of drug-likeness (QED) is 0.218. The molecule has 38 heavy (non-hydrogen) atoms. The zero-order chi connectivity index (χ0) is 28.1. The van der Waals surface area contributed by atoms with Crippen LogP contribution in [-0.2, 0) is 9.59 Å². The third kappa shape index (κ3) is 6.49. The normalized spacial score (nSPS) is 28.0. The van der Waals surface area contributed by atoms with Gasteiger partial charge in [0.15, 0.2) is 0 Å². The van der Waals surface area contributed by atoms with Gasteiger partial charge in [-0.15, -0.1) is 0 Å². The Labute approximate surface area is 231 Å². The van der Waals surface area contributed by atoms with E-state index in [2.05, 4.69) is 84.5 Å². The first-order valence-electron chi connectivity index (χ1n) is 15.0. The second kappa shape index (κ2) is 13.2. The zero-order valence-electron chi connectivity index (χ0n) is 25.4. The van der Waals surface area contributed by atoms with Crippen LogP contribution in [0.2, 0.25) is 0 Å². The number of hydrogen-bond donors (Lipinski definition) is 0. The summed E-state index contributed by atoms with van der Waals surface area (Å²) in [6, 6.07) is -0.171. The molecule has 1 saturated heterocycles. The summed E-state index contributed by atoms with van der Waals surface area (Å²) in [4.78, 5) is 36.6. The van der Waals surface area contributed by atoms with Crippen molar-refractivity contribution in [3.05, 3.63) is 40.8 Å². The van der Waals surface area contributed by atoms with Crippen molar-refractivity contribution in [1.82, 2.24) is 9.80 Å². The molecule has 0 bridgehead atoms. The second-order valence-electron chi connectivity index (χ2n) is 12.4. The summed E-state index contributed by atoms with van der Waals surface area (Å²) in [6.07, 6.45) is 11.5. The SMILES string of the molecule is CCCC(CC)C(C)C(=O)C1C(C)=NC(C=C2C(=O)N(CCCN(C)C)C3=C=CCC(C(C)C)C=C32)C1C. The average Bonchev–Trinajstić information content (AvgIpc) is 3.15. The van der Waals surface area contributed by atoms with E-state index in [1.54, 1.807) is 0 Å². The Hall–Kier alpha value is -2.23. The molecule has 3 rings (SSSR count). The smallest absolute Gasteiger partial charge is 0.259 e. The summed E-state index contributed by atoms with van der Waals surface area (Å²) in [7, 11) is 4.12. The Morgan fingerprint density at radius 1 is 1.26 bits per heavy atom. The van der Waals surface area contributed by atoms with Crippen molar-refractivity contribution in [1.29, 1.82) is 0 Å². The highest BCUT2D eigenvalue weighted by molar-refractivity contribution is 6.07. The Bertz CT molecular complexity index is 1040. The Morgan fingerprint density at radius 3 is 2.58 bits per heavy atom. The Balaban J connectivity index is 1.94. The van der Waals surface area contributed by atoms with E-state index in [-0.39, 0.29) is 29.7 Å². The van der Waals surface area contributed by atoms with Gasteiger partial charge in [-0.1, -0.05) is 72.6 Å². The van der Waals surface area contributed by atoms with E-state index in [1.165, 1.54) is 0 Å². The number of allylic oxidation sites excluding steroid dienone is 2. The molecule has 6 unspecified atom stereocenters. The van der Waals surface area contributed by atoms with Gasteiger partial charge in [0.1, 0.15) is 5.78 Å². The number of rotatable bonds is 12. The fraction of sp³-hybridized carbons (Fsp3) is 0.697. The molecule has 0 aromatic heterocycles. The molecule has 5 heteroatoms. The van der Waals surface area contributed by atoms with E-state index in [0.717, 1.165) is 61.2 Å². The van der Waals surface area contributed by atoms with E-state index in [1.807, 2.05) is 11.8 Å². The van der Waals surface area contributed by atoms with E-state index < -0.39 is 0 Å². The molecule has 1 fully saturated rings. The summed E-state index contributed by atoms with van der Waals surface area (Å²) >= 11 is 0. The molecular formula is C33H51N3O2. The van der Waals surface area contributed by atoms with Crippen LogP contribution in [0.1, 0.15) is 80.6 Å². The molecule has 1 amide bonds. The van der Waals surface area contributed by atoms with Crippen molar-refractivity contribution in [2.75, 3.05) is 27.2 Å². The number of ketones is 1. The lowest BCUT2D eigenvalue weighted by molar-refractivity contribution is -0.127. The first-order chi connectivity index (χ1) is 18.0. The van der Waals surface area contributed by atoms with Crippen LogP contribution in [0, 0.1) is 35.5 Å². The molecule has 0 aromatic carbocycles. The van der Waals surface area contributed by atoms with Crippen molar-refractivity contribution in [2.24, 2.45) is 40.5 Å². The van der Waals surface area contributed by atoms with Gasteiger partial charge in [-0.05, 0) is 76.2 Å². The van der Waals surface area contributed by atoms with E-state index in [4.69, 9.17) is 4.99 Å². The maximum atomic E-state index is 13.8. The van der Waals surface area contributed by atoms with Gasteiger partial charge in [-0.25, -0.2) is 0 Å². The van der Waals surface area contributed by atoms with Crippen LogP contribution in [0.4, 0.5) is 0 Å². The van der Waals surface area contributed by atoms with Crippen LogP contribution in [-0.4, -0.2) is 60.4 Å². The van der Waals surface area contributed by atoms with Crippen molar-refractivity contribution in [2.45, 2.75) is 86.6 Å². The fourth-order valence-electron chi connectivity index (χ4n) is 6.45. The van der Waals surface area contributed by atoms with Crippen LogP contribution in [0.25, 0.3) is 0 Å². The van der Waals surface area contributed by atoms with Gasteiger partial charge >= 0.3 is 0 Å². The molecule has 0 N–H and O–H groups in total. The number of nitrogens with zero attached hydrogens (tertiary/aromatic N) is 3. The standard InChI is InChI=1S/C33H51N3O2/c1-10-14-25(11-2)22(5)32(37)31-23(6)29(34-24(31)7)20-28-27-19-26(21(3)4)15-12-16-30(27)36(33(28)38)18-13-17-35(8)9/h12,19-23,25-26,29,31H,10-11,13-15,17-18H2,1-9H3. The van der Waals surface area contributed by atoms with Gasteiger partial charge in [0.05, 0.1) is 17.7 Å². The average molecular weight is 522 g/mol. The van der Waals surface area contributed by atoms with Crippen molar-refractivity contribution >= 4 is 17.4 Å². The van der Waals surface area contributed by atoms with Gasteiger partial charge in [-0.3, -0.25) is 14.6 Å². The summed E-state index contributed by atoms with van der Waals surface area (Å²) < 4.78 is 0. The van der Waals surface area contributed by atoms with Gasteiger partial charge in [0.25, 0.3) is 5.91 Å². The maximum absolute atomic E-state index is 13.8. The topological polar surface area (TPSA) is 53.0 Å². The van der Waals surface area contributed by atoms with Gasteiger partial charge in [-0.2, -0.15) is 0 Å². The van der Waals surface area contributed by atoms with Gasteiger partial charge in [0.2, 0.25) is 0 Å². The van der Waals surface area contributed by atoms with E-state index in [9.17, 15) is 9.59 Å². The summed E-state index contributed by atoms with van der Waals surface area (Å²) in [6.45, 7) is 16.7. The third-order valence-electron chi connectivity index (χ3n) is 8.99. The highest BCUT2D eigenvalue weighted by Crippen LogP contribution is 2.40. The number of Topliss-reactive ketones (excluding diaryl/α,β-unsaturated/α-hetero) is 1. The molecule has 210 valence electrons. The lowest BCUT2D eigenvalue weighted by Crippen LogP contribution is -2.34. The highest BCUT2D eigenvalue weighted by Gasteiger charge is 2.43. The van der Waals surface area contributed by atoms with Gasteiger partial charge < -0.3 is 9.80 Å². The number of carbonyl (C=O) groups excluding carboxylic acids is 2.